The second-order valence-corrected chi connectivity index (χ2v) is 7.72. The van der Waals surface area contributed by atoms with E-state index >= 15 is 0 Å². The summed E-state index contributed by atoms with van der Waals surface area (Å²) in [4.78, 5) is 16.7. The van der Waals surface area contributed by atoms with Crippen LogP contribution in [-0.4, -0.2) is 55.0 Å². The molecule has 0 spiro atoms. The number of carbonyl (C=O) groups is 1. The van der Waals surface area contributed by atoms with Crippen LogP contribution < -0.4 is 10.1 Å². The van der Waals surface area contributed by atoms with Crippen molar-refractivity contribution in [1.29, 1.82) is 0 Å². The molecule has 0 aromatic heterocycles. The van der Waals surface area contributed by atoms with Crippen LogP contribution >= 0.6 is 15.9 Å². The fourth-order valence-electron chi connectivity index (χ4n) is 3.21. The molecule has 1 heterocycles. The number of ether oxygens (including phenoxy) is 1. The molecule has 2 aromatic rings. The van der Waals surface area contributed by atoms with Crippen molar-refractivity contribution in [3.63, 3.8) is 0 Å². The van der Waals surface area contributed by atoms with Crippen molar-refractivity contribution >= 4 is 27.5 Å². The Balaban J connectivity index is 1.42. The van der Waals surface area contributed by atoms with Crippen molar-refractivity contribution in [3.8, 4) is 5.75 Å². The molecule has 1 aliphatic heterocycles. The van der Waals surface area contributed by atoms with E-state index in [1.54, 1.807) is 12.1 Å². The molecule has 1 saturated heterocycles. The topological polar surface area (TPSA) is 44.8 Å². The minimum Gasteiger partial charge on any atom is -0.494 e. The molecule has 5 nitrogen and oxygen atoms in total. The minimum atomic E-state index is -0.442. The zero-order valence-corrected chi connectivity index (χ0v) is 17.5. The molecule has 1 amide bonds. The van der Waals surface area contributed by atoms with Crippen molar-refractivity contribution in [2.75, 3.05) is 44.6 Å². The molecule has 7 heteroatoms. The summed E-state index contributed by atoms with van der Waals surface area (Å²) in [7, 11) is 0. The van der Waals surface area contributed by atoms with Crippen molar-refractivity contribution in [2.24, 2.45) is 0 Å². The van der Waals surface area contributed by atoms with Crippen LogP contribution in [0, 0.1) is 5.82 Å². The summed E-state index contributed by atoms with van der Waals surface area (Å²) in [5.74, 6) is 0.258. The van der Waals surface area contributed by atoms with Gasteiger partial charge in [0.1, 0.15) is 11.6 Å². The maximum Gasteiger partial charge on any atom is 0.238 e. The number of nitrogens with zero attached hydrogens (tertiary/aromatic N) is 2. The SMILES string of the molecule is CCOc1ccc(CN2CCN(CC(=O)Nc3ccc(Br)cc3F)CC2)cc1. The Labute approximate surface area is 173 Å². The van der Waals surface area contributed by atoms with E-state index in [0.29, 0.717) is 11.1 Å². The van der Waals surface area contributed by atoms with E-state index in [9.17, 15) is 9.18 Å². The molecule has 1 N–H and O–H groups in total. The van der Waals surface area contributed by atoms with Gasteiger partial charge in [0.2, 0.25) is 5.91 Å². The monoisotopic (exact) mass is 449 g/mol. The first-order chi connectivity index (χ1) is 13.5. The third kappa shape index (κ3) is 6.02. The summed E-state index contributed by atoms with van der Waals surface area (Å²) in [6, 6.07) is 12.8. The van der Waals surface area contributed by atoms with Gasteiger partial charge in [0.25, 0.3) is 0 Å². The highest BCUT2D eigenvalue weighted by Crippen LogP contribution is 2.19. The highest BCUT2D eigenvalue weighted by Gasteiger charge is 2.19. The highest BCUT2D eigenvalue weighted by molar-refractivity contribution is 9.10. The van der Waals surface area contributed by atoms with Crippen molar-refractivity contribution in [1.82, 2.24) is 9.80 Å². The van der Waals surface area contributed by atoms with E-state index in [4.69, 9.17) is 4.74 Å². The van der Waals surface area contributed by atoms with E-state index in [-0.39, 0.29) is 18.1 Å². The molecule has 2 aromatic carbocycles. The lowest BCUT2D eigenvalue weighted by atomic mass is 10.2. The Hall–Kier alpha value is -1.96. The van der Waals surface area contributed by atoms with E-state index in [1.165, 1.54) is 11.6 Å². The lowest BCUT2D eigenvalue weighted by Crippen LogP contribution is -2.48. The number of amides is 1. The number of carbonyl (C=O) groups excluding carboxylic acids is 1. The predicted molar refractivity (Wildman–Crippen MR) is 112 cm³/mol. The van der Waals surface area contributed by atoms with E-state index in [1.807, 2.05) is 19.1 Å². The Morgan fingerprint density at radius 1 is 1.11 bits per heavy atom. The number of hydrogen-bond donors (Lipinski definition) is 1. The van der Waals surface area contributed by atoms with Crippen LogP contribution in [0.3, 0.4) is 0 Å². The molecular formula is C21H25BrFN3O2. The first kappa shape index (κ1) is 20.8. The largest absolute Gasteiger partial charge is 0.494 e. The van der Waals surface area contributed by atoms with Crippen molar-refractivity contribution in [3.05, 3.63) is 58.3 Å². The lowest BCUT2D eigenvalue weighted by molar-refractivity contribution is -0.117. The van der Waals surface area contributed by atoms with Crippen molar-refractivity contribution in [2.45, 2.75) is 13.5 Å². The molecule has 28 heavy (non-hydrogen) atoms. The van der Waals surface area contributed by atoms with Crippen LogP contribution in [0.1, 0.15) is 12.5 Å². The van der Waals surface area contributed by atoms with Gasteiger partial charge in [-0.15, -0.1) is 0 Å². The van der Waals surface area contributed by atoms with Gasteiger partial charge >= 0.3 is 0 Å². The zero-order valence-electron chi connectivity index (χ0n) is 16.0. The third-order valence-corrected chi connectivity index (χ3v) is 5.17. The van der Waals surface area contributed by atoms with E-state index in [0.717, 1.165) is 38.5 Å². The number of halogens is 2. The molecule has 150 valence electrons. The second-order valence-electron chi connectivity index (χ2n) is 6.80. The molecule has 0 saturated carbocycles. The Morgan fingerprint density at radius 2 is 1.79 bits per heavy atom. The van der Waals surface area contributed by atoms with Gasteiger partial charge < -0.3 is 10.1 Å². The number of benzene rings is 2. The number of rotatable bonds is 7. The predicted octanol–water partition coefficient (Wildman–Crippen LogP) is 3.74. The second kappa shape index (κ2) is 10.0. The van der Waals surface area contributed by atoms with Gasteiger partial charge in [-0.2, -0.15) is 0 Å². The summed E-state index contributed by atoms with van der Waals surface area (Å²) in [6.45, 7) is 7.22. The number of hydrogen-bond acceptors (Lipinski definition) is 4. The Bertz CT molecular complexity index is 793. The van der Waals surface area contributed by atoms with Crippen LogP contribution in [0.15, 0.2) is 46.9 Å². The number of piperazine rings is 1. The summed E-state index contributed by atoms with van der Waals surface area (Å²) >= 11 is 3.21. The molecule has 0 atom stereocenters. The molecule has 1 fully saturated rings. The van der Waals surface area contributed by atoms with Gasteiger partial charge in [-0.25, -0.2) is 4.39 Å². The van der Waals surface area contributed by atoms with Gasteiger partial charge in [0.05, 0.1) is 18.8 Å². The van der Waals surface area contributed by atoms with Gasteiger partial charge in [-0.05, 0) is 42.8 Å². The molecule has 0 aliphatic carbocycles. The molecule has 0 unspecified atom stereocenters. The van der Waals surface area contributed by atoms with Gasteiger partial charge in [-0.3, -0.25) is 14.6 Å². The van der Waals surface area contributed by atoms with Crippen LogP contribution in [-0.2, 0) is 11.3 Å². The molecule has 0 radical (unpaired) electrons. The highest BCUT2D eigenvalue weighted by atomic mass is 79.9. The average Bonchev–Trinajstić information content (AvgIpc) is 2.67. The van der Waals surface area contributed by atoms with Gasteiger partial charge in [0.15, 0.2) is 0 Å². The van der Waals surface area contributed by atoms with Crippen LogP contribution in [0.25, 0.3) is 0 Å². The van der Waals surface area contributed by atoms with Crippen LogP contribution in [0.2, 0.25) is 0 Å². The standard InChI is InChI=1S/C21H25BrFN3O2/c1-2-28-18-6-3-16(4-7-18)14-25-9-11-26(12-10-25)15-21(27)24-20-8-5-17(22)13-19(20)23/h3-8,13H,2,9-12,14-15H2,1H3,(H,24,27). The summed E-state index contributed by atoms with van der Waals surface area (Å²) in [6.07, 6.45) is 0. The Kier molecular flexibility index (Phi) is 7.42. The first-order valence-electron chi connectivity index (χ1n) is 9.45. The number of nitrogens with one attached hydrogen (secondary N) is 1. The average molecular weight is 450 g/mol. The van der Waals surface area contributed by atoms with Crippen molar-refractivity contribution < 1.29 is 13.9 Å². The molecule has 3 rings (SSSR count). The summed E-state index contributed by atoms with van der Waals surface area (Å²) < 4.78 is 20.0. The minimum absolute atomic E-state index is 0.193. The van der Waals surface area contributed by atoms with Crippen LogP contribution in [0.5, 0.6) is 5.75 Å². The van der Waals surface area contributed by atoms with E-state index in [2.05, 4.69) is 43.2 Å². The summed E-state index contributed by atoms with van der Waals surface area (Å²) in [5.41, 5.74) is 1.46. The quantitative estimate of drug-likeness (QED) is 0.698. The third-order valence-electron chi connectivity index (χ3n) is 4.68. The zero-order chi connectivity index (χ0) is 19.9. The Morgan fingerprint density at radius 3 is 2.43 bits per heavy atom. The van der Waals surface area contributed by atoms with E-state index < -0.39 is 5.82 Å². The summed E-state index contributed by atoms with van der Waals surface area (Å²) in [5, 5.41) is 2.65. The molecule has 1 aliphatic rings. The van der Waals surface area contributed by atoms with Gasteiger partial charge in [-0.1, -0.05) is 28.1 Å². The maximum atomic E-state index is 13.8. The first-order valence-corrected chi connectivity index (χ1v) is 10.2. The van der Waals surface area contributed by atoms with Crippen LogP contribution in [0.4, 0.5) is 10.1 Å². The number of anilines is 1. The smallest absolute Gasteiger partial charge is 0.238 e. The normalized spacial score (nSPS) is 15.4. The molecule has 0 bridgehead atoms. The lowest BCUT2D eigenvalue weighted by Gasteiger charge is -2.34. The fourth-order valence-corrected chi connectivity index (χ4v) is 3.54. The van der Waals surface area contributed by atoms with Gasteiger partial charge in [0, 0.05) is 37.2 Å². The fraction of sp³-hybridized carbons (Fsp3) is 0.381. The maximum absolute atomic E-state index is 13.8. The molecular weight excluding hydrogens is 425 g/mol.